The number of esters is 2. The van der Waals surface area contributed by atoms with Crippen LogP contribution in [-0.2, 0) is 14.3 Å². The molecule has 4 nitrogen and oxygen atoms in total. The standard InChI is InChI=1S/C11H11BrO4/c1-15-10(13)8-6-4-3-5-7(8)9(12)11(14)16-2/h3-6,9H,1-2H3/t9-/m0/s1. The zero-order valence-corrected chi connectivity index (χ0v) is 10.5. The molecule has 0 aliphatic rings. The van der Waals surface area contributed by atoms with Gasteiger partial charge < -0.3 is 9.47 Å². The van der Waals surface area contributed by atoms with Crippen LogP contribution in [0.5, 0.6) is 0 Å². The highest BCUT2D eigenvalue weighted by atomic mass is 79.9. The summed E-state index contributed by atoms with van der Waals surface area (Å²) in [6, 6.07) is 6.70. The molecule has 16 heavy (non-hydrogen) atoms. The van der Waals surface area contributed by atoms with Gasteiger partial charge in [-0.2, -0.15) is 0 Å². The Bertz CT molecular complexity index is 403. The van der Waals surface area contributed by atoms with Gasteiger partial charge in [-0.05, 0) is 11.6 Å². The summed E-state index contributed by atoms with van der Waals surface area (Å²) in [6.07, 6.45) is 0. The fourth-order valence-corrected chi connectivity index (χ4v) is 1.83. The molecule has 0 bridgehead atoms. The summed E-state index contributed by atoms with van der Waals surface area (Å²) in [6.45, 7) is 0. The highest BCUT2D eigenvalue weighted by molar-refractivity contribution is 9.09. The molecular formula is C11H11BrO4. The van der Waals surface area contributed by atoms with Crippen LogP contribution in [0.2, 0.25) is 0 Å². The summed E-state index contributed by atoms with van der Waals surface area (Å²) >= 11 is 3.18. The quantitative estimate of drug-likeness (QED) is 0.631. The second-order valence-corrected chi connectivity index (χ2v) is 3.88. The third-order valence-corrected chi connectivity index (χ3v) is 2.91. The van der Waals surface area contributed by atoms with Crippen LogP contribution in [0.1, 0.15) is 20.7 Å². The van der Waals surface area contributed by atoms with Crippen molar-refractivity contribution in [2.45, 2.75) is 4.83 Å². The minimum Gasteiger partial charge on any atom is -0.468 e. The summed E-state index contributed by atoms with van der Waals surface area (Å²) in [5, 5.41) is 0. The average Bonchev–Trinajstić information content (AvgIpc) is 2.35. The van der Waals surface area contributed by atoms with Crippen molar-refractivity contribution in [3.8, 4) is 0 Å². The summed E-state index contributed by atoms with van der Waals surface area (Å²) in [5.74, 6) is -0.944. The fourth-order valence-electron chi connectivity index (χ4n) is 1.24. The summed E-state index contributed by atoms with van der Waals surface area (Å²) in [5.41, 5.74) is 0.874. The van der Waals surface area contributed by atoms with Crippen molar-refractivity contribution in [1.82, 2.24) is 0 Å². The number of carbonyl (C=O) groups is 2. The van der Waals surface area contributed by atoms with Gasteiger partial charge in [-0.25, -0.2) is 4.79 Å². The lowest BCUT2D eigenvalue weighted by Crippen LogP contribution is -2.13. The number of methoxy groups -OCH3 is 2. The monoisotopic (exact) mass is 286 g/mol. The number of rotatable bonds is 3. The first-order valence-corrected chi connectivity index (χ1v) is 5.42. The second kappa shape index (κ2) is 5.65. The van der Waals surface area contributed by atoms with Gasteiger partial charge in [0.05, 0.1) is 19.8 Å². The molecule has 0 aliphatic carbocycles. The first-order valence-electron chi connectivity index (χ1n) is 4.51. The zero-order chi connectivity index (χ0) is 12.1. The lowest BCUT2D eigenvalue weighted by atomic mass is 10.0. The molecule has 0 saturated heterocycles. The van der Waals surface area contributed by atoms with Gasteiger partial charge in [0.15, 0.2) is 0 Å². The van der Waals surface area contributed by atoms with Gasteiger partial charge in [-0.15, -0.1) is 0 Å². The van der Waals surface area contributed by atoms with E-state index < -0.39 is 16.8 Å². The molecule has 1 atom stereocenters. The van der Waals surface area contributed by atoms with E-state index in [-0.39, 0.29) is 0 Å². The Morgan fingerprint density at radius 2 is 1.81 bits per heavy atom. The maximum Gasteiger partial charge on any atom is 0.338 e. The van der Waals surface area contributed by atoms with Crippen molar-refractivity contribution < 1.29 is 19.1 Å². The van der Waals surface area contributed by atoms with Gasteiger partial charge in [0.1, 0.15) is 4.83 Å². The van der Waals surface area contributed by atoms with Crippen LogP contribution in [0, 0.1) is 0 Å². The average molecular weight is 287 g/mol. The molecular weight excluding hydrogens is 276 g/mol. The minimum absolute atomic E-state index is 0.345. The molecule has 1 aromatic carbocycles. The van der Waals surface area contributed by atoms with E-state index in [1.807, 2.05) is 0 Å². The van der Waals surface area contributed by atoms with Gasteiger partial charge in [0, 0.05) is 0 Å². The van der Waals surface area contributed by atoms with E-state index in [0.29, 0.717) is 11.1 Å². The Morgan fingerprint density at radius 3 is 2.38 bits per heavy atom. The normalized spacial score (nSPS) is 11.7. The molecule has 0 saturated carbocycles. The smallest absolute Gasteiger partial charge is 0.338 e. The van der Waals surface area contributed by atoms with Gasteiger partial charge in [0.2, 0.25) is 0 Å². The maximum absolute atomic E-state index is 11.5. The first-order chi connectivity index (χ1) is 7.61. The van der Waals surface area contributed by atoms with E-state index in [4.69, 9.17) is 0 Å². The molecule has 0 fully saturated rings. The lowest BCUT2D eigenvalue weighted by molar-refractivity contribution is -0.139. The molecule has 0 aliphatic heterocycles. The van der Waals surface area contributed by atoms with Crippen LogP contribution in [0.15, 0.2) is 24.3 Å². The minimum atomic E-state index is -0.673. The first kappa shape index (κ1) is 12.7. The Morgan fingerprint density at radius 1 is 1.19 bits per heavy atom. The fraction of sp³-hybridized carbons (Fsp3) is 0.273. The van der Waals surface area contributed by atoms with E-state index in [2.05, 4.69) is 25.4 Å². The predicted molar refractivity (Wildman–Crippen MR) is 61.5 cm³/mol. The molecule has 5 heteroatoms. The third kappa shape index (κ3) is 2.61. The van der Waals surface area contributed by atoms with E-state index >= 15 is 0 Å². The lowest BCUT2D eigenvalue weighted by Gasteiger charge is -2.11. The molecule has 0 N–H and O–H groups in total. The molecule has 1 rings (SSSR count). The maximum atomic E-state index is 11.5. The summed E-state index contributed by atoms with van der Waals surface area (Å²) < 4.78 is 9.23. The van der Waals surface area contributed by atoms with Crippen molar-refractivity contribution in [3.63, 3.8) is 0 Å². The number of halogens is 1. The summed E-state index contributed by atoms with van der Waals surface area (Å²) in [4.78, 5) is 22.1. The number of hydrogen-bond donors (Lipinski definition) is 0. The van der Waals surface area contributed by atoms with Crippen molar-refractivity contribution in [1.29, 1.82) is 0 Å². The number of carbonyl (C=O) groups excluding carboxylic acids is 2. The number of alkyl halides is 1. The number of hydrogen-bond acceptors (Lipinski definition) is 4. The Hall–Kier alpha value is -1.36. The molecule has 0 amide bonds. The van der Waals surface area contributed by atoms with Gasteiger partial charge in [-0.3, -0.25) is 4.79 Å². The summed E-state index contributed by atoms with van der Waals surface area (Å²) in [7, 11) is 2.58. The molecule has 0 heterocycles. The number of benzene rings is 1. The van der Waals surface area contributed by atoms with E-state index in [9.17, 15) is 9.59 Å². The molecule has 86 valence electrons. The molecule has 1 aromatic rings. The molecule has 0 aromatic heterocycles. The van der Waals surface area contributed by atoms with E-state index in [0.717, 1.165) is 0 Å². The van der Waals surface area contributed by atoms with Crippen LogP contribution in [-0.4, -0.2) is 26.2 Å². The van der Waals surface area contributed by atoms with Gasteiger partial charge in [0.25, 0.3) is 0 Å². The van der Waals surface area contributed by atoms with Crippen LogP contribution >= 0.6 is 15.9 Å². The topological polar surface area (TPSA) is 52.6 Å². The van der Waals surface area contributed by atoms with Crippen molar-refractivity contribution in [2.24, 2.45) is 0 Å². The molecule has 0 unspecified atom stereocenters. The van der Waals surface area contributed by atoms with Gasteiger partial charge >= 0.3 is 11.9 Å². The third-order valence-electron chi connectivity index (χ3n) is 2.05. The highest BCUT2D eigenvalue weighted by Gasteiger charge is 2.23. The van der Waals surface area contributed by atoms with Gasteiger partial charge in [-0.1, -0.05) is 34.1 Å². The number of ether oxygens (including phenoxy) is 2. The molecule has 0 radical (unpaired) electrons. The Labute approximate surface area is 102 Å². The van der Waals surface area contributed by atoms with E-state index in [1.54, 1.807) is 24.3 Å². The van der Waals surface area contributed by atoms with Crippen molar-refractivity contribution >= 4 is 27.9 Å². The van der Waals surface area contributed by atoms with Crippen molar-refractivity contribution in [3.05, 3.63) is 35.4 Å². The van der Waals surface area contributed by atoms with Crippen LogP contribution in [0.25, 0.3) is 0 Å². The SMILES string of the molecule is COC(=O)c1ccccc1[C@H](Br)C(=O)OC. The molecule has 0 spiro atoms. The largest absolute Gasteiger partial charge is 0.468 e. The van der Waals surface area contributed by atoms with Crippen LogP contribution in [0.4, 0.5) is 0 Å². The zero-order valence-electron chi connectivity index (χ0n) is 8.90. The Balaban J connectivity index is 3.13. The highest BCUT2D eigenvalue weighted by Crippen LogP contribution is 2.27. The van der Waals surface area contributed by atoms with Crippen molar-refractivity contribution in [2.75, 3.05) is 14.2 Å². The van der Waals surface area contributed by atoms with E-state index in [1.165, 1.54) is 14.2 Å². The Kier molecular flexibility index (Phi) is 4.49. The predicted octanol–water partition coefficient (Wildman–Crippen LogP) is 2.08. The van der Waals surface area contributed by atoms with Crippen LogP contribution in [0.3, 0.4) is 0 Å². The van der Waals surface area contributed by atoms with Crippen LogP contribution < -0.4 is 0 Å². The second-order valence-electron chi connectivity index (χ2n) is 2.96.